The van der Waals surface area contributed by atoms with Crippen molar-refractivity contribution in [3.8, 4) is 50.5 Å². The molecule has 4 atom stereocenters. The van der Waals surface area contributed by atoms with Gasteiger partial charge >= 0.3 is 24.1 Å². The summed E-state index contributed by atoms with van der Waals surface area (Å²) in [4.78, 5) is 189. The number of fused-ring (bicyclic) bond motifs is 7. The first-order valence-electron chi connectivity index (χ1n) is 43.1. The van der Waals surface area contributed by atoms with E-state index in [0.29, 0.717) is 90.5 Å². The minimum absolute atomic E-state index is 0.0300. The molecular weight excluding hydrogens is 1800 g/mol. The second kappa shape index (κ2) is 34.2. The lowest BCUT2D eigenvalue weighted by molar-refractivity contribution is -0.125. The van der Waals surface area contributed by atoms with Crippen LogP contribution in [0, 0.1) is 31.3 Å². The van der Waals surface area contributed by atoms with E-state index < -0.39 is 93.3 Å². The average Bonchev–Trinajstić information content (AvgIpc) is 1.60. The predicted octanol–water partition coefficient (Wildman–Crippen LogP) is 9.92. The molecule has 0 unspecified atom stereocenters. The number of hydrogen-bond acceptors (Lipinski definition) is 22. The fourth-order valence-corrected chi connectivity index (χ4v) is 19.7. The predicted molar refractivity (Wildman–Crippen MR) is 491 cm³/mol. The molecule has 0 aliphatic carbocycles. The Kier molecular flexibility index (Phi) is 21.9. The second-order valence-corrected chi connectivity index (χ2v) is 35.2. The zero-order chi connectivity index (χ0) is 96.3. The first-order valence-corrected chi connectivity index (χ1v) is 44.0. The molecule has 36 nitrogen and oxygen atoms in total. The third-order valence-corrected chi connectivity index (χ3v) is 26.8. The lowest BCUT2D eigenvalue weighted by Gasteiger charge is -2.31. The van der Waals surface area contributed by atoms with E-state index in [4.69, 9.17) is 4.74 Å². The second-order valence-electron chi connectivity index (χ2n) is 34.3. The number of halogens is 3. The first-order chi connectivity index (χ1) is 66.4. The Balaban J connectivity index is 0.000000113. The standard InChI is InChI=1S/C25H17FN4O3S.C25H21N7O4.C24H18FN7O3.C24H22FN5O3/c26-18-7-3-16-11-30(22(31)19(16)10-18)12-25(23(32)28-24(33)29-25)17-5-1-14(2-6-17)15-4-8-20-21(9-15)34-13-27-20;1-31-13-28-20-19(26-12-27-21(20)31)14-3-6-16(7-4-14)25(23(34)29-24(35)30-25)11-32-10-15-5-8-17(36-2)9-18(15)22(32)33;1-31-12-28-19-18(26-11-27-20(19)31)13-2-5-15(6-3-13)24(22(34)29-23(35)30-24)10-32-9-14-4-7-16(25)8-17(14)21(32)33;1-13-20(14(2)29(3)28-13)15-4-7-17(8-5-15)24(22(32)26-23(33)27-24)12-30-11-16-6-9-18(25)10-19(16)21(30)31/h1-10,13H,11-12H2,(H2,28,29,32,33);3-9,12-13H,10-11H2,1-2H3,(H2,29,30,34,35);2-8,11-12H,9-10H2,1H3,(H2,29,30,34,35);4-10H,11-12H2,1-3H3,(H2,26,27,32,33)/t2*25-;2*24-/m0000/s1. The van der Waals surface area contributed by atoms with E-state index >= 15 is 0 Å². The fraction of sp³-hybridized carbons (Fsp3) is 0.184. The number of thiazole rings is 1. The summed E-state index contributed by atoms with van der Waals surface area (Å²) < 4.78 is 52.7. The lowest BCUT2D eigenvalue weighted by Crippen LogP contribution is -2.52. The van der Waals surface area contributed by atoms with Gasteiger partial charge in [-0.1, -0.05) is 127 Å². The smallest absolute Gasteiger partial charge is 0.322 e. The Morgan fingerprint density at radius 1 is 0.377 bits per heavy atom. The first kappa shape index (κ1) is 88.3. The Morgan fingerprint density at radius 2 is 0.717 bits per heavy atom. The Labute approximate surface area is 784 Å². The van der Waals surface area contributed by atoms with Gasteiger partial charge in [0, 0.05) is 92.0 Å². The number of urea groups is 4. The number of ether oxygens (including phenoxy) is 1. The maximum absolute atomic E-state index is 13.7. The summed E-state index contributed by atoms with van der Waals surface area (Å²) in [6.45, 7) is 4.59. The summed E-state index contributed by atoms with van der Waals surface area (Å²) in [5.41, 5.74) is 14.5. The number of aryl methyl sites for hydroxylation is 4. The van der Waals surface area contributed by atoms with Crippen molar-refractivity contribution in [1.82, 2.24) is 116 Å². The van der Waals surface area contributed by atoms with Crippen LogP contribution < -0.4 is 47.3 Å². The molecule has 0 spiro atoms. The lowest BCUT2D eigenvalue weighted by atomic mass is 9.88. The van der Waals surface area contributed by atoms with Crippen LogP contribution in [0.1, 0.15) is 97.3 Å². The number of methoxy groups -OCH3 is 1. The van der Waals surface area contributed by atoms with E-state index in [0.717, 1.165) is 60.5 Å². The molecule has 15 aromatic rings. The van der Waals surface area contributed by atoms with E-state index in [1.165, 1.54) is 70.9 Å². The minimum Gasteiger partial charge on any atom is -0.497 e. The van der Waals surface area contributed by atoms with Gasteiger partial charge in [0.05, 0.1) is 67.4 Å². The van der Waals surface area contributed by atoms with Crippen molar-refractivity contribution in [2.24, 2.45) is 21.1 Å². The molecule has 16 amide bonds. The zero-order valence-electron chi connectivity index (χ0n) is 74.0. The molecule has 8 aliphatic heterocycles. The van der Waals surface area contributed by atoms with Gasteiger partial charge in [-0.05, 0) is 136 Å². The van der Waals surface area contributed by atoms with Crippen LogP contribution in [0.3, 0.4) is 0 Å². The quantitative estimate of drug-likeness (QED) is 0.0393. The highest BCUT2D eigenvalue weighted by atomic mass is 32.1. The van der Waals surface area contributed by atoms with E-state index in [-0.39, 0.29) is 80.2 Å². The largest absolute Gasteiger partial charge is 0.497 e. The van der Waals surface area contributed by atoms with E-state index in [1.807, 2.05) is 98.8 Å². The summed E-state index contributed by atoms with van der Waals surface area (Å²) in [6.07, 6.45) is 6.26. The minimum atomic E-state index is -1.50. The van der Waals surface area contributed by atoms with Crippen LogP contribution in [-0.2, 0) is 88.7 Å². The topological polar surface area (TPSA) is 441 Å². The van der Waals surface area contributed by atoms with Gasteiger partial charge in [-0.25, -0.2) is 67.2 Å². The molecule has 8 N–H and O–H groups in total. The van der Waals surface area contributed by atoms with Gasteiger partial charge in [-0.2, -0.15) is 5.10 Å². The van der Waals surface area contributed by atoms with E-state index in [2.05, 4.69) is 88.6 Å². The fourth-order valence-electron chi connectivity index (χ4n) is 18.9. The number of imidazole rings is 2. The van der Waals surface area contributed by atoms with Gasteiger partial charge in [0.15, 0.2) is 33.5 Å². The van der Waals surface area contributed by atoms with Gasteiger partial charge in [0.25, 0.3) is 47.3 Å². The molecule has 0 saturated carbocycles. The van der Waals surface area contributed by atoms with Crippen molar-refractivity contribution in [3.63, 3.8) is 0 Å². The monoisotopic (exact) mass is 1870 g/mol. The van der Waals surface area contributed by atoms with Gasteiger partial charge in [0.2, 0.25) is 0 Å². The van der Waals surface area contributed by atoms with Crippen LogP contribution in [0.2, 0.25) is 0 Å². The molecule has 23 rings (SSSR count). The third kappa shape index (κ3) is 15.4. The number of rotatable bonds is 17. The number of carbonyl (C=O) groups is 12. The molecule has 690 valence electrons. The molecule has 138 heavy (non-hydrogen) atoms. The van der Waals surface area contributed by atoms with Gasteiger partial charge < -0.3 is 54.7 Å². The van der Waals surface area contributed by atoms with Crippen molar-refractivity contribution in [2.75, 3.05) is 33.3 Å². The van der Waals surface area contributed by atoms with E-state index in [1.54, 1.807) is 130 Å². The summed E-state index contributed by atoms with van der Waals surface area (Å²) in [5, 5.41) is 24.6. The van der Waals surface area contributed by atoms with Crippen LogP contribution in [0.25, 0.3) is 77.3 Å². The highest BCUT2D eigenvalue weighted by molar-refractivity contribution is 7.16. The van der Waals surface area contributed by atoms with E-state index in [9.17, 15) is 70.7 Å². The van der Waals surface area contributed by atoms with Crippen molar-refractivity contribution < 1.29 is 75.4 Å². The molecule has 0 radical (unpaired) electrons. The van der Waals surface area contributed by atoms with Crippen molar-refractivity contribution in [3.05, 3.63) is 314 Å². The van der Waals surface area contributed by atoms with Gasteiger partial charge in [0.1, 0.15) is 58.3 Å². The normalized spacial score (nSPS) is 19.3. The molecule has 14 heterocycles. The highest BCUT2D eigenvalue weighted by Gasteiger charge is 2.55. The summed E-state index contributed by atoms with van der Waals surface area (Å²) in [7, 11) is 7.11. The maximum Gasteiger partial charge on any atom is 0.322 e. The molecule has 8 aliphatic rings. The molecule has 40 heteroatoms. The van der Waals surface area contributed by atoms with Crippen LogP contribution >= 0.6 is 11.3 Å². The molecule has 4 saturated heterocycles. The van der Waals surface area contributed by atoms with Crippen LogP contribution in [0.4, 0.5) is 32.3 Å². The zero-order valence-corrected chi connectivity index (χ0v) is 74.8. The number of imide groups is 4. The number of nitrogens with one attached hydrogen (secondary N) is 8. The Hall–Kier alpha value is -17.6. The molecule has 0 bridgehead atoms. The van der Waals surface area contributed by atoms with Crippen LogP contribution in [0.5, 0.6) is 5.75 Å². The Morgan fingerprint density at radius 3 is 1.06 bits per heavy atom. The van der Waals surface area contributed by atoms with Crippen molar-refractivity contribution in [1.29, 1.82) is 0 Å². The number of nitrogens with zero attached hydrogens (tertiary/aromatic N) is 15. The highest BCUT2D eigenvalue weighted by Crippen LogP contribution is 2.41. The Bertz CT molecular complexity index is 7740. The molecule has 6 aromatic heterocycles. The van der Waals surface area contributed by atoms with Crippen LogP contribution in [-0.4, -0.2) is 178 Å². The molecular formula is C98H78F3N23O13S. The number of aromatic nitrogens is 11. The molecule has 4 fully saturated rings. The van der Waals surface area contributed by atoms with Gasteiger partial charge in [-0.15, -0.1) is 11.3 Å². The average molecular weight is 1870 g/mol. The summed E-state index contributed by atoms with van der Waals surface area (Å²) in [5.74, 6) is -4.48. The van der Waals surface area contributed by atoms with Crippen molar-refractivity contribution in [2.45, 2.75) is 62.2 Å². The SMILES string of the molecule is COc1ccc2c(c1)C(=O)N(C[C@@]1(c3ccc(-c4ncnc5c4ncn5C)cc3)NC(=O)NC1=O)C2.Cc1nn(C)c(C)c1-c1ccc([C@]2(CN3Cc4ccc(F)cc4C3=O)NC(=O)NC2=O)cc1.Cn1cnc2c(-c3ccc([C@]4(CN5Cc6ccc(F)cc6C5=O)NC(=O)NC4=O)cc3)ncnc21.O=C1NC(=O)[C@](CN2Cc3ccc(F)cc3C2=O)(c2ccc(-c3ccc4ncsc4c3)cc2)N1. The van der Waals surface area contributed by atoms with Crippen LogP contribution in [0.15, 0.2) is 219 Å². The van der Waals surface area contributed by atoms with Gasteiger partial charge in [-0.3, -0.25) is 64.3 Å². The number of carbonyl (C=O) groups excluding carboxylic acids is 12. The number of benzene rings is 9. The number of amides is 16. The van der Waals surface area contributed by atoms with Crippen molar-refractivity contribution >= 4 is 115 Å². The molecule has 9 aromatic carbocycles. The maximum atomic E-state index is 13.7. The third-order valence-electron chi connectivity index (χ3n) is 26.0. The summed E-state index contributed by atoms with van der Waals surface area (Å²) >= 11 is 1.56. The summed E-state index contributed by atoms with van der Waals surface area (Å²) in [6, 6.07) is 49.7. The number of hydrogen-bond donors (Lipinski definition) is 8.